The van der Waals surface area contributed by atoms with Crippen molar-refractivity contribution >= 4 is 0 Å². The van der Waals surface area contributed by atoms with Crippen LogP contribution in [0.15, 0.2) is 36.5 Å². The summed E-state index contributed by atoms with van der Waals surface area (Å²) in [7, 11) is 1.44. The maximum Gasteiger partial charge on any atom is 0.171 e. The van der Waals surface area contributed by atoms with Gasteiger partial charge in [0, 0.05) is 12.1 Å². The number of aromatic nitrogens is 1. The van der Waals surface area contributed by atoms with Gasteiger partial charge in [0.1, 0.15) is 12.4 Å². The van der Waals surface area contributed by atoms with Gasteiger partial charge in [-0.25, -0.2) is 4.39 Å². The Hall–Kier alpha value is -2.14. The third-order valence-electron chi connectivity index (χ3n) is 3.01. The molecule has 1 aromatic heterocycles. The Labute approximate surface area is 123 Å². The van der Waals surface area contributed by atoms with Crippen LogP contribution < -0.4 is 14.8 Å². The molecule has 21 heavy (non-hydrogen) atoms. The number of ether oxygens (including phenoxy) is 2. The quantitative estimate of drug-likeness (QED) is 0.851. The van der Waals surface area contributed by atoms with Gasteiger partial charge in [0.25, 0.3) is 0 Å². The molecular formula is C16H19FN2O2. The minimum absolute atomic E-state index is 0.136. The van der Waals surface area contributed by atoms with Crippen LogP contribution in [-0.4, -0.2) is 18.6 Å². The zero-order valence-electron chi connectivity index (χ0n) is 12.2. The van der Waals surface area contributed by atoms with Gasteiger partial charge in [0.2, 0.25) is 0 Å². The molecule has 0 aliphatic carbocycles. The van der Waals surface area contributed by atoms with Crippen molar-refractivity contribution in [2.24, 2.45) is 0 Å². The van der Waals surface area contributed by atoms with Crippen molar-refractivity contribution in [1.29, 1.82) is 0 Å². The van der Waals surface area contributed by atoms with E-state index in [9.17, 15) is 4.39 Å². The van der Waals surface area contributed by atoms with Crippen molar-refractivity contribution < 1.29 is 13.9 Å². The number of nitrogens with zero attached hydrogens (tertiary/aromatic N) is 1. The molecule has 0 unspecified atom stereocenters. The summed E-state index contributed by atoms with van der Waals surface area (Å²) in [5.74, 6) is 0.435. The number of halogens is 1. The van der Waals surface area contributed by atoms with Crippen molar-refractivity contribution in [3.05, 3.63) is 53.6 Å². The molecule has 0 aliphatic heterocycles. The van der Waals surface area contributed by atoms with Crippen molar-refractivity contribution in [3.63, 3.8) is 0 Å². The molecule has 0 spiro atoms. The summed E-state index contributed by atoms with van der Waals surface area (Å²) < 4.78 is 24.4. The lowest BCUT2D eigenvalue weighted by Gasteiger charge is -2.09. The first-order valence-corrected chi connectivity index (χ1v) is 6.84. The standard InChI is InChI=1S/C16H19FN2O2/c1-3-18-9-13-7-8-14(10-19-13)21-11-12-5-4-6-15(20-2)16(12)17/h4-8,10,18H,3,9,11H2,1-2H3. The van der Waals surface area contributed by atoms with Gasteiger partial charge >= 0.3 is 0 Å². The van der Waals surface area contributed by atoms with Gasteiger partial charge < -0.3 is 14.8 Å². The normalized spacial score (nSPS) is 10.4. The number of rotatable bonds is 7. The van der Waals surface area contributed by atoms with E-state index in [1.165, 1.54) is 7.11 Å². The van der Waals surface area contributed by atoms with Crippen LogP contribution in [-0.2, 0) is 13.2 Å². The molecule has 0 aliphatic rings. The molecule has 112 valence electrons. The SMILES string of the molecule is CCNCc1ccc(OCc2cccc(OC)c2F)cn1. The van der Waals surface area contributed by atoms with E-state index in [1.54, 1.807) is 24.4 Å². The second-order valence-corrected chi connectivity index (χ2v) is 4.49. The predicted molar refractivity (Wildman–Crippen MR) is 78.9 cm³/mol. The van der Waals surface area contributed by atoms with E-state index in [0.717, 1.165) is 18.8 Å². The molecule has 0 fully saturated rings. The van der Waals surface area contributed by atoms with Crippen molar-refractivity contribution in [3.8, 4) is 11.5 Å². The van der Waals surface area contributed by atoms with E-state index in [1.807, 2.05) is 19.1 Å². The number of pyridine rings is 1. The van der Waals surface area contributed by atoms with Crippen LogP contribution in [0.25, 0.3) is 0 Å². The van der Waals surface area contributed by atoms with Gasteiger partial charge in [0.15, 0.2) is 11.6 Å². The van der Waals surface area contributed by atoms with Gasteiger partial charge in [0.05, 0.1) is 19.0 Å². The van der Waals surface area contributed by atoms with Gasteiger partial charge in [-0.2, -0.15) is 0 Å². The highest BCUT2D eigenvalue weighted by Gasteiger charge is 2.08. The Bertz CT molecular complexity index is 573. The lowest BCUT2D eigenvalue weighted by molar-refractivity contribution is 0.294. The summed E-state index contributed by atoms with van der Waals surface area (Å²) in [6.07, 6.45) is 1.64. The Morgan fingerprint density at radius 3 is 2.76 bits per heavy atom. The lowest BCUT2D eigenvalue weighted by atomic mass is 10.2. The summed E-state index contributed by atoms with van der Waals surface area (Å²) >= 11 is 0. The maximum absolute atomic E-state index is 14.0. The average Bonchev–Trinajstić information content (AvgIpc) is 2.53. The molecule has 1 N–H and O–H groups in total. The highest BCUT2D eigenvalue weighted by Crippen LogP contribution is 2.21. The largest absolute Gasteiger partial charge is 0.494 e. The molecule has 1 heterocycles. The molecular weight excluding hydrogens is 271 g/mol. The third kappa shape index (κ3) is 4.16. The molecule has 0 radical (unpaired) electrons. The first-order valence-electron chi connectivity index (χ1n) is 6.84. The van der Waals surface area contributed by atoms with Crippen LogP contribution >= 0.6 is 0 Å². The fraction of sp³-hybridized carbons (Fsp3) is 0.312. The highest BCUT2D eigenvalue weighted by molar-refractivity contribution is 5.31. The van der Waals surface area contributed by atoms with E-state index in [2.05, 4.69) is 10.3 Å². The average molecular weight is 290 g/mol. The Balaban J connectivity index is 1.97. The predicted octanol–water partition coefficient (Wildman–Crippen LogP) is 2.92. The molecule has 0 bridgehead atoms. The smallest absolute Gasteiger partial charge is 0.171 e. The van der Waals surface area contributed by atoms with Crippen LogP contribution in [0.4, 0.5) is 4.39 Å². The van der Waals surface area contributed by atoms with Crippen LogP contribution in [0.1, 0.15) is 18.2 Å². The molecule has 0 saturated carbocycles. The Morgan fingerprint density at radius 2 is 2.10 bits per heavy atom. The molecule has 0 saturated heterocycles. The van der Waals surface area contributed by atoms with E-state index < -0.39 is 5.82 Å². The van der Waals surface area contributed by atoms with Gasteiger partial charge in [-0.1, -0.05) is 19.1 Å². The highest BCUT2D eigenvalue weighted by atomic mass is 19.1. The van der Waals surface area contributed by atoms with Crippen LogP contribution in [0, 0.1) is 5.82 Å². The van der Waals surface area contributed by atoms with E-state index in [-0.39, 0.29) is 12.4 Å². The molecule has 1 aromatic carbocycles. The monoisotopic (exact) mass is 290 g/mol. The fourth-order valence-electron chi connectivity index (χ4n) is 1.84. The van der Waals surface area contributed by atoms with E-state index in [0.29, 0.717) is 11.3 Å². The summed E-state index contributed by atoms with van der Waals surface area (Å²) in [4.78, 5) is 4.28. The lowest BCUT2D eigenvalue weighted by Crippen LogP contribution is -2.12. The fourth-order valence-corrected chi connectivity index (χ4v) is 1.84. The number of hydrogen-bond donors (Lipinski definition) is 1. The molecule has 4 nitrogen and oxygen atoms in total. The summed E-state index contributed by atoms with van der Waals surface area (Å²) in [6.45, 7) is 3.80. The number of benzene rings is 1. The van der Waals surface area contributed by atoms with Crippen molar-refractivity contribution in [1.82, 2.24) is 10.3 Å². The third-order valence-corrected chi connectivity index (χ3v) is 3.01. The second kappa shape index (κ2) is 7.59. The van der Waals surface area contributed by atoms with Gasteiger partial charge in [-0.05, 0) is 24.7 Å². The van der Waals surface area contributed by atoms with Gasteiger partial charge in [-0.15, -0.1) is 0 Å². The summed E-state index contributed by atoms with van der Waals surface area (Å²) in [5, 5.41) is 3.20. The van der Waals surface area contributed by atoms with Crippen LogP contribution in [0.3, 0.4) is 0 Å². The second-order valence-electron chi connectivity index (χ2n) is 4.49. The van der Waals surface area contributed by atoms with Crippen LogP contribution in [0.5, 0.6) is 11.5 Å². The molecule has 5 heteroatoms. The van der Waals surface area contributed by atoms with E-state index >= 15 is 0 Å². The number of nitrogens with one attached hydrogen (secondary N) is 1. The molecule has 2 rings (SSSR count). The van der Waals surface area contributed by atoms with Crippen molar-refractivity contribution in [2.75, 3.05) is 13.7 Å². The molecule has 2 aromatic rings. The van der Waals surface area contributed by atoms with Crippen molar-refractivity contribution in [2.45, 2.75) is 20.1 Å². The first kappa shape index (κ1) is 15.3. The topological polar surface area (TPSA) is 43.4 Å². The number of hydrogen-bond acceptors (Lipinski definition) is 4. The zero-order chi connectivity index (χ0) is 15.1. The van der Waals surface area contributed by atoms with E-state index in [4.69, 9.17) is 9.47 Å². The summed E-state index contributed by atoms with van der Waals surface area (Å²) in [6, 6.07) is 8.71. The minimum Gasteiger partial charge on any atom is -0.494 e. The number of methoxy groups -OCH3 is 1. The summed E-state index contributed by atoms with van der Waals surface area (Å²) in [5.41, 5.74) is 1.39. The maximum atomic E-state index is 14.0. The Morgan fingerprint density at radius 1 is 1.24 bits per heavy atom. The Kier molecular flexibility index (Phi) is 5.51. The molecule has 0 amide bonds. The zero-order valence-corrected chi connectivity index (χ0v) is 12.2. The minimum atomic E-state index is -0.392. The first-order chi connectivity index (χ1) is 10.2. The molecule has 0 atom stereocenters. The van der Waals surface area contributed by atoms with Gasteiger partial charge in [-0.3, -0.25) is 4.98 Å². The van der Waals surface area contributed by atoms with Crippen LogP contribution in [0.2, 0.25) is 0 Å².